The second-order valence-corrected chi connectivity index (χ2v) is 11.8. The van der Waals surface area contributed by atoms with Crippen molar-refractivity contribution in [3.8, 4) is 0 Å². The van der Waals surface area contributed by atoms with Crippen molar-refractivity contribution in [2.24, 2.45) is 0 Å². The lowest BCUT2D eigenvalue weighted by Gasteiger charge is -2.51. The first-order valence-corrected chi connectivity index (χ1v) is 14.5. The van der Waals surface area contributed by atoms with Crippen LogP contribution in [0.25, 0.3) is 0 Å². The molecule has 4 atom stereocenters. The van der Waals surface area contributed by atoms with E-state index in [0.29, 0.717) is 12.1 Å². The molecule has 5 heteroatoms. The number of carbonyl (C=O) groups excluding carboxylic acids is 1. The summed E-state index contributed by atoms with van der Waals surface area (Å²) in [6.45, 7) is 11.3. The molecule has 2 aromatic rings. The molecule has 2 heterocycles. The van der Waals surface area contributed by atoms with Crippen LogP contribution in [0.1, 0.15) is 70.9 Å². The van der Waals surface area contributed by atoms with E-state index in [1.807, 2.05) is 67.6 Å². The first-order chi connectivity index (χ1) is 17.0. The van der Waals surface area contributed by atoms with Gasteiger partial charge in [-0.1, -0.05) is 74.5 Å². The van der Waals surface area contributed by atoms with Crippen LogP contribution in [0.3, 0.4) is 0 Å². The zero-order chi connectivity index (χ0) is 24.9. The lowest BCUT2D eigenvalue weighted by Crippen LogP contribution is -2.63. The van der Waals surface area contributed by atoms with Gasteiger partial charge in [-0.3, -0.25) is 0 Å². The molecule has 1 spiro atoms. The number of rotatable bonds is 9. The molecule has 2 aliphatic rings. The highest BCUT2D eigenvalue weighted by atomic mass is 32.2. The number of nitrogens with zero attached hydrogens (tertiary/aromatic N) is 1. The van der Waals surface area contributed by atoms with Crippen molar-refractivity contribution in [3.63, 3.8) is 0 Å². The Labute approximate surface area is 216 Å². The number of carbonyl (C=O) groups is 1. The van der Waals surface area contributed by atoms with Gasteiger partial charge < -0.3 is 14.0 Å². The first-order valence-electron chi connectivity index (χ1n) is 13.4. The van der Waals surface area contributed by atoms with E-state index in [-0.39, 0.29) is 17.5 Å². The molecule has 2 aromatic carbocycles. The van der Waals surface area contributed by atoms with Gasteiger partial charge in [-0.2, -0.15) is 0 Å². The Bertz CT molecular complexity index is 905. The van der Waals surface area contributed by atoms with E-state index in [1.165, 1.54) is 30.4 Å². The molecule has 190 valence electrons. The second-order valence-electron chi connectivity index (χ2n) is 10.2. The Morgan fingerprint density at radius 2 is 1.57 bits per heavy atom. The van der Waals surface area contributed by atoms with Crippen LogP contribution in [-0.4, -0.2) is 52.9 Å². The number of ether oxygens (including phenoxy) is 2. The molecule has 4 nitrogen and oxygen atoms in total. The predicted octanol–water partition coefficient (Wildman–Crippen LogP) is 6.53. The third kappa shape index (κ3) is 5.19. The van der Waals surface area contributed by atoms with Crippen LogP contribution in [-0.2, 0) is 19.9 Å². The Balaban J connectivity index is 1.69. The summed E-state index contributed by atoms with van der Waals surface area (Å²) in [6, 6.07) is 20.8. The van der Waals surface area contributed by atoms with Crippen molar-refractivity contribution < 1.29 is 18.8 Å². The van der Waals surface area contributed by atoms with Gasteiger partial charge in [0, 0.05) is 25.7 Å². The molecule has 0 saturated carbocycles. The van der Waals surface area contributed by atoms with E-state index in [0.717, 1.165) is 36.1 Å². The molecule has 2 fully saturated rings. The van der Waals surface area contributed by atoms with Crippen LogP contribution in [0, 0.1) is 0 Å². The molecule has 0 aromatic heterocycles. The average Bonchev–Trinajstić information content (AvgIpc) is 3.37. The number of thioether (sulfide) groups is 1. The summed E-state index contributed by atoms with van der Waals surface area (Å²) in [5.41, 5.74) is 0.171. The van der Waals surface area contributed by atoms with Crippen LogP contribution in [0.5, 0.6) is 0 Å². The number of piperidine rings is 1. The van der Waals surface area contributed by atoms with Crippen molar-refractivity contribution in [2.75, 3.05) is 18.8 Å². The normalized spacial score (nSPS) is 24.9. The van der Waals surface area contributed by atoms with Gasteiger partial charge in [0.1, 0.15) is 11.5 Å². The van der Waals surface area contributed by atoms with E-state index in [1.54, 1.807) is 11.8 Å². The summed E-state index contributed by atoms with van der Waals surface area (Å²) in [4.78, 5) is 14.3. The van der Waals surface area contributed by atoms with E-state index in [2.05, 4.69) is 20.8 Å². The zero-order valence-corrected chi connectivity index (χ0v) is 22.6. The molecule has 35 heavy (non-hydrogen) atoms. The Hall–Kier alpha value is -1.82. The smallest absolute Gasteiger partial charge is 0.348 e. The molecular weight excluding hydrogens is 454 g/mol. The maximum absolute atomic E-state index is 14.3. The lowest BCUT2D eigenvalue weighted by atomic mass is 9.85. The van der Waals surface area contributed by atoms with E-state index in [9.17, 15) is 4.79 Å². The van der Waals surface area contributed by atoms with Crippen LogP contribution in [0.4, 0.5) is 0 Å². The standard InChI is InChI=1S/C30H42NO3S/c1-5-27-22-28(21-23(3)31(27)19-13-14-20-31)33-29(32)30(34-24(4)35-6-2,25-15-9-7-10-16-25)26-17-11-8-12-18-26/h7-12,15-18,23-24,27-28H,5-6,13-14,19-22H2,1-4H3/q+1. The Morgan fingerprint density at radius 1 is 1.00 bits per heavy atom. The molecule has 0 amide bonds. The highest BCUT2D eigenvalue weighted by Crippen LogP contribution is 2.42. The highest BCUT2D eigenvalue weighted by Gasteiger charge is 2.52. The summed E-state index contributed by atoms with van der Waals surface area (Å²) in [5.74, 6) is 0.620. The molecule has 0 N–H and O–H groups in total. The van der Waals surface area contributed by atoms with Gasteiger partial charge in [0.05, 0.1) is 25.2 Å². The molecule has 0 bridgehead atoms. The minimum absolute atomic E-state index is 0.0867. The van der Waals surface area contributed by atoms with Gasteiger partial charge in [0.25, 0.3) is 0 Å². The van der Waals surface area contributed by atoms with Gasteiger partial charge in [0.2, 0.25) is 5.60 Å². The van der Waals surface area contributed by atoms with E-state index < -0.39 is 5.60 Å². The fraction of sp³-hybridized carbons (Fsp3) is 0.567. The zero-order valence-electron chi connectivity index (χ0n) is 21.8. The SMILES string of the molecule is CCSC(C)OC(C(=O)OC1CC(C)[N+]2(CCCC2)C(CC)C1)(c1ccccc1)c1ccccc1. The number of quaternary nitrogens is 1. The van der Waals surface area contributed by atoms with Crippen molar-refractivity contribution in [2.45, 2.75) is 89.0 Å². The number of hydrogen-bond donors (Lipinski definition) is 0. The monoisotopic (exact) mass is 496 g/mol. The molecule has 4 rings (SSSR count). The molecular formula is C30H42NO3S+. The van der Waals surface area contributed by atoms with Gasteiger partial charge in [-0.15, -0.1) is 11.8 Å². The van der Waals surface area contributed by atoms with Crippen LogP contribution >= 0.6 is 11.8 Å². The van der Waals surface area contributed by atoms with E-state index in [4.69, 9.17) is 9.47 Å². The summed E-state index contributed by atoms with van der Waals surface area (Å²) >= 11 is 1.70. The number of hydrogen-bond acceptors (Lipinski definition) is 4. The number of esters is 1. The fourth-order valence-electron chi connectivity index (χ4n) is 6.60. The van der Waals surface area contributed by atoms with Crippen molar-refractivity contribution in [1.29, 1.82) is 0 Å². The first kappa shape index (κ1) is 26.2. The largest absolute Gasteiger partial charge is 0.459 e. The van der Waals surface area contributed by atoms with Gasteiger partial charge in [-0.05, 0) is 37.1 Å². The third-order valence-electron chi connectivity index (χ3n) is 8.28. The summed E-state index contributed by atoms with van der Waals surface area (Å²) < 4.78 is 14.4. The highest BCUT2D eigenvalue weighted by molar-refractivity contribution is 7.99. The molecule has 4 unspecified atom stereocenters. The fourth-order valence-corrected chi connectivity index (χ4v) is 7.28. The second kappa shape index (κ2) is 11.5. The minimum atomic E-state index is -1.30. The Morgan fingerprint density at radius 3 is 2.09 bits per heavy atom. The minimum Gasteiger partial charge on any atom is -0.459 e. The van der Waals surface area contributed by atoms with Crippen LogP contribution in [0.2, 0.25) is 0 Å². The number of benzene rings is 2. The van der Waals surface area contributed by atoms with E-state index >= 15 is 0 Å². The topological polar surface area (TPSA) is 35.5 Å². The summed E-state index contributed by atoms with van der Waals surface area (Å²) in [6.07, 6.45) is 5.53. The van der Waals surface area contributed by atoms with Crippen LogP contribution in [0.15, 0.2) is 60.7 Å². The third-order valence-corrected chi connectivity index (χ3v) is 9.18. The maximum atomic E-state index is 14.3. The van der Waals surface area contributed by atoms with Gasteiger partial charge in [0.15, 0.2) is 0 Å². The lowest BCUT2D eigenvalue weighted by molar-refractivity contribution is -0.967. The van der Waals surface area contributed by atoms with Gasteiger partial charge in [-0.25, -0.2) is 4.79 Å². The molecule has 0 radical (unpaired) electrons. The molecule has 0 aliphatic carbocycles. The van der Waals surface area contributed by atoms with Crippen molar-refractivity contribution in [3.05, 3.63) is 71.8 Å². The van der Waals surface area contributed by atoms with Crippen molar-refractivity contribution in [1.82, 2.24) is 0 Å². The predicted molar refractivity (Wildman–Crippen MR) is 144 cm³/mol. The maximum Gasteiger partial charge on any atom is 0.348 e. The summed E-state index contributed by atoms with van der Waals surface area (Å²) in [7, 11) is 0. The van der Waals surface area contributed by atoms with Gasteiger partial charge >= 0.3 is 5.97 Å². The molecule has 2 saturated heterocycles. The van der Waals surface area contributed by atoms with Crippen molar-refractivity contribution >= 4 is 17.7 Å². The molecule has 2 aliphatic heterocycles. The quantitative estimate of drug-likeness (QED) is 0.225. The van der Waals surface area contributed by atoms with Crippen LogP contribution < -0.4 is 0 Å². The Kier molecular flexibility index (Phi) is 8.62. The summed E-state index contributed by atoms with van der Waals surface area (Å²) in [5, 5.41) is 0. The average molecular weight is 497 g/mol.